The highest BCUT2D eigenvalue weighted by Gasteiger charge is 2.16. The molecule has 0 fully saturated rings. The van der Waals surface area contributed by atoms with E-state index in [9.17, 15) is 4.79 Å². The Hall–Kier alpha value is -1.55. The van der Waals surface area contributed by atoms with Crippen molar-refractivity contribution in [3.8, 4) is 5.75 Å². The molecule has 88 valence electrons. The summed E-state index contributed by atoms with van der Waals surface area (Å²) in [4.78, 5) is 11.4. The van der Waals surface area contributed by atoms with Crippen LogP contribution in [-0.2, 0) is 4.79 Å². The van der Waals surface area contributed by atoms with E-state index in [-0.39, 0.29) is 5.91 Å². The SMILES string of the molecule is CCC(Oc1cc(C)cc(C)c1)C(=O)NN. The Labute approximate surface area is 95.8 Å². The minimum atomic E-state index is -0.536. The summed E-state index contributed by atoms with van der Waals surface area (Å²) in [7, 11) is 0. The molecule has 4 nitrogen and oxygen atoms in total. The molecule has 0 saturated carbocycles. The number of rotatable bonds is 4. The number of hydrogen-bond acceptors (Lipinski definition) is 3. The van der Waals surface area contributed by atoms with Crippen LogP contribution in [0.15, 0.2) is 18.2 Å². The van der Waals surface area contributed by atoms with Crippen molar-refractivity contribution in [3.05, 3.63) is 29.3 Å². The van der Waals surface area contributed by atoms with Crippen LogP contribution in [0.5, 0.6) is 5.75 Å². The fourth-order valence-corrected chi connectivity index (χ4v) is 1.58. The molecular weight excluding hydrogens is 204 g/mol. The van der Waals surface area contributed by atoms with Gasteiger partial charge in [0, 0.05) is 0 Å². The van der Waals surface area contributed by atoms with Crippen molar-refractivity contribution < 1.29 is 9.53 Å². The summed E-state index contributed by atoms with van der Waals surface area (Å²) in [6, 6.07) is 5.86. The molecule has 1 aromatic carbocycles. The first-order valence-electron chi connectivity index (χ1n) is 5.32. The van der Waals surface area contributed by atoms with Crippen molar-refractivity contribution in [2.75, 3.05) is 0 Å². The zero-order valence-electron chi connectivity index (χ0n) is 9.91. The van der Waals surface area contributed by atoms with E-state index in [2.05, 4.69) is 11.5 Å². The Bertz CT molecular complexity index is 357. The monoisotopic (exact) mass is 222 g/mol. The van der Waals surface area contributed by atoms with Crippen LogP contribution in [0.4, 0.5) is 0 Å². The summed E-state index contributed by atoms with van der Waals surface area (Å²) < 4.78 is 5.59. The molecule has 0 spiro atoms. The predicted octanol–water partition coefficient (Wildman–Crippen LogP) is 1.45. The van der Waals surface area contributed by atoms with Gasteiger partial charge in [0.2, 0.25) is 0 Å². The van der Waals surface area contributed by atoms with Crippen LogP contribution in [0.25, 0.3) is 0 Å². The Balaban J connectivity index is 2.81. The number of nitrogens with two attached hydrogens (primary N) is 1. The maximum Gasteiger partial charge on any atom is 0.274 e. The zero-order valence-corrected chi connectivity index (χ0v) is 9.91. The number of nitrogens with one attached hydrogen (secondary N) is 1. The van der Waals surface area contributed by atoms with E-state index in [1.807, 2.05) is 32.9 Å². The van der Waals surface area contributed by atoms with Gasteiger partial charge in [0.15, 0.2) is 6.10 Å². The van der Waals surface area contributed by atoms with E-state index >= 15 is 0 Å². The Kier molecular flexibility index (Phi) is 4.31. The zero-order chi connectivity index (χ0) is 12.1. The first-order valence-corrected chi connectivity index (χ1v) is 5.32. The van der Waals surface area contributed by atoms with Crippen molar-refractivity contribution in [1.82, 2.24) is 5.43 Å². The van der Waals surface area contributed by atoms with Gasteiger partial charge < -0.3 is 4.74 Å². The normalized spacial score (nSPS) is 12.0. The van der Waals surface area contributed by atoms with Crippen molar-refractivity contribution in [2.45, 2.75) is 33.3 Å². The molecule has 1 unspecified atom stereocenters. The maximum atomic E-state index is 11.4. The third-order valence-corrected chi connectivity index (χ3v) is 2.28. The molecule has 0 radical (unpaired) electrons. The predicted molar refractivity (Wildman–Crippen MR) is 63.0 cm³/mol. The largest absolute Gasteiger partial charge is 0.481 e. The quantitative estimate of drug-likeness (QED) is 0.460. The number of carbonyl (C=O) groups excluding carboxylic acids is 1. The number of hydrogen-bond donors (Lipinski definition) is 2. The molecule has 1 aromatic rings. The van der Waals surface area contributed by atoms with E-state index in [1.54, 1.807) is 0 Å². The molecule has 4 heteroatoms. The van der Waals surface area contributed by atoms with Gasteiger partial charge in [-0.3, -0.25) is 10.2 Å². The van der Waals surface area contributed by atoms with Crippen LogP contribution in [0.3, 0.4) is 0 Å². The Morgan fingerprint density at radius 3 is 2.38 bits per heavy atom. The molecule has 16 heavy (non-hydrogen) atoms. The van der Waals surface area contributed by atoms with Crippen LogP contribution in [-0.4, -0.2) is 12.0 Å². The van der Waals surface area contributed by atoms with Crippen molar-refractivity contribution in [2.24, 2.45) is 5.84 Å². The molecule has 1 rings (SSSR count). The average molecular weight is 222 g/mol. The van der Waals surface area contributed by atoms with Gasteiger partial charge in [0.1, 0.15) is 5.75 Å². The fourth-order valence-electron chi connectivity index (χ4n) is 1.58. The second-order valence-electron chi connectivity index (χ2n) is 3.85. The molecular formula is C12H18N2O2. The van der Waals surface area contributed by atoms with Crippen LogP contribution in [0.1, 0.15) is 24.5 Å². The molecule has 0 saturated heterocycles. The average Bonchev–Trinajstić information content (AvgIpc) is 2.23. The van der Waals surface area contributed by atoms with Gasteiger partial charge in [-0.15, -0.1) is 0 Å². The third-order valence-electron chi connectivity index (χ3n) is 2.28. The molecule has 0 bridgehead atoms. The van der Waals surface area contributed by atoms with Gasteiger partial charge in [-0.25, -0.2) is 5.84 Å². The summed E-state index contributed by atoms with van der Waals surface area (Å²) >= 11 is 0. The van der Waals surface area contributed by atoms with Crippen LogP contribution in [0, 0.1) is 13.8 Å². The molecule has 0 aliphatic rings. The summed E-state index contributed by atoms with van der Waals surface area (Å²) in [6.07, 6.45) is 0.0435. The van der Waals surface area contributed by atoms with Crippen molar-refractivity contribution in [3.63, 3.8) is 0 Å². The highest BCUT2D eigenvalue weighted by Crippen LogP contribution is 2.18. The van der Waals surface area contributed by atoms with E-state index in [1.165, 1.54) is 0 Å². The Morgan fingerprint density at radius 1 is 1.38 bits per heavy atom. The summed E-state index contributed by atoms with van der Waals surface area (Å²) in [5, 5.41) is 0. The topological polar surface area (TPSA) is 64.3 Å². The van der Waals surface area contributed by atoms with Gasteiger partial charge in [-0.05, 0) is 43.5 Å². The van der Waals surface area contributed by atoms with Gasteiger partial charge in [-0.2, -0.15) is 0 Å². The highest BCUT2D eigenvalue weighted by molar-refractivity contribution is 5.80. The molecule has 3 N–H and O–H groups in total. The summed E-state index contributed by atoms with van der Waals surface area (Å²) in [5.74, 6) is 5.48. The molecule has 0 aromatic heterocycles. The first-order chi connectivity index (χ1) is 7.56. The van der Waals surface area contributed by atoms with Crippen molar-refractivity contribution in [1.29, 1.82) is 0 Å². The lowest BCUT2D eigenvalue weighted by atomic mass is 10.1. The number of benzene rings is 1. The highest BCUT2D eigenvalue weighted by atomic mass is 16.5. The van der Waals surface area contributed by atoms with Crippen LogP contribution < -0.4 is 16.0 Å². The molecule has 1 amide bonds. The van der Waals surface area contributed by atoms with Gasteiger partial charge >= 0.3 is 0 Å². The minimum absolute atomic E-state index is 0.304. The maximum absolute atomic E-state index is 11.4. The summed E-state index contributed by atoms with van der Waals surface area (Å²) in [6.45, 7) is 5.86. The lowest BCUT2D eigenvalue weighted by Crippen LogP contribution is -2.41. The van der Waals surface area contributed by atoms with Gasteiger partial charge in [0.05, 0.1) is 0 Å². The van der Waals surface area contributed by atoms with Crippen LogP contribution in [0.2, 0.25) is 0 Å². The first kappa shape index (κ1) is 12.5. The molecule has 1 atom stereocenters. The number of aryl methyl sites for hydroxylation is 2. The minimum Gasteiger partial charge on any atom is -0.481 e. The molecule has 0 heterocycles. The number of carbonyl (C=O) groups is 1. The van der Waals surface area contributed by atoms with Gasteiger partial charge in [-0.1, -0.05) is 13.0 Å². The summed E-state index contributed by atoms with van der Waals surface area (Å²) in [5.41, 5.74) is 4.32. The van der Waals surface area contributed by atoms with E-state index in [0.29, 0.717) is 12.2 Å². The van der Waals surface area contributed by atoms with Crippen molar-refractivity contribution >= 4 is 5.91 Å². The second-order valence-corrected chi connectivity index (χ2v) is 3.85. The molecule has 0 aliphatic heterocycles. The third kappa shape index (κ3) is 3.24. The number of amides is 1. The number of ether oxygens (including phenoxy) is 1. The second kappa shape index (κ2) is 5.51. The lowest BCUT2D eigenvalue weighted by Gasteiger charge is -2.16. The van der Waals surface area contributed by atoms with E-state index < -0.39 is 6.10 Å². The van der Waals surface area contributed by atoms with Crippen LogP contribution >= 0.6 is 0 Å². The van der Waals surface area contributed by atoms with E-state index in [0.717, 1.165) is 11.1 Å². The van der Waals surface area contributed by atoms with Gasteiger partial charge in [0.25, 0.3) is 5.91 Å². The lowest BCUT2D eigenvalue weighted by molar-refractivity contribution is -0.128. The molecule has 0 aliphatic carbocycles. The smallest absolute Gasteiger partial charge is 0.274 e. The fraction of sp³-hybridized carbons (Fsp3) is 0.417. The van der Waals surface area contributed by atoms with E-state index in [4.69, 9.17) is 10.6 Å². The Morgan fingerprint density at radius 2 is 1.94 bits per heavy atom. The standard InChI is InChI=1S/C12H18N2O2/c1-4-11(12(15)14-13)16-10-6-8(2)5-9(3)7-10/h5-7,11H,4,13H2,1-3H3,(H,14,15). The number of hydrazine groups is 1.